The number of hydrogen-bond acceptors (Lipinski definition) is 2. The molecule has 5 nitrogen and oxygen atoms in total. The molecule has 2 aromatic carbocycles. The van der Waals surface area contributed by atoms with E-state index in [1.54, 1.807) is 7.11 Å². The first kappa shape index (κ1) is 19.0. The molecular formula is C22H28N3O2+. The van der Waals surface area contributed by atoms with Crippen LogP contribution in [0.25, 0.3) is 10.9 Å². The minimum Gasteiger partial charge on any atom is -0.497 e. The molecule has 2 atom stereocenters. The quantitative estimate of drug-likeness (QED) is 0.573. The summed E-state index contributed by atoms with van der Waals surface area (Å²) in [5.41, 5.74) is 3.58. The van der Waals surface area contributed by atoms with Gasteiger partial charge in [-0.2, -0.15) is 0 Å². The third kappa shape index (κ3) is 4.31. The van der Waals surface area contributed by atoms with Gasteiger partial charge in [0.1, 0.15) is 5.75 Å². The molecule has 0 saturated carbocycles. The van der Waals surface area contributed by atoms with E-state index in [4.69, 9.17) is 4.74 Å². The lowest BCUT2D eigenvalue weighted by Gasteiger charge is -2.19. The lowest BCUT2D eigenvalue weighted by Crippen LogP contribution is -2.92. The smallest absolute Gasteiger partial charge is 0.277 e. The first-order valence-electron chi connectivity index (χ1n) is 9.45. The van der Waals surface area contributed by atoms with Gasteiger partial charge in [0.2, 0.25) is 0 Å². The predicted molar refractivity (Wildman–Crippen MR) is 108 cm³/mol. The number of quaternary nitrogens is 1. The van der Waals surface area contributed by atoms with E-state index < -0.39 is 0 Å². The molecule has 3 aromatic rings. The minimum absolute atomic E-state index is 0.0740. The Morgan fingerprint density at radius 1 is 1.19 bits per heavy atom. The Morgan fingerprint density at radius 3 is 2.63 bits per heavy atom. The van der Waals surface area contributed by atoms with E-state index in [1.807, 2.05) is 32.0 Å². The van der Waals surface area contributed by atoms with E-state index in [-0.39, 0.29) is 17.9 Å². The summed E-state index contributed by atoms with van der Waals surface area (Å²) < 4.78 is 5.30. The summed E-state index contributed by atoms with van der Waals surface area (Å²) in [5, 5.41) is 6.23. The molecule has 0 saturated heterocycles. The molecule has 4 N–H and O–H groups in total. The summed E-state index contributed by atoms with van der Waals surface area (Å²) in [4.78, 5) is 15.5. The normalized spacial score (nSPS) is 13.3. The zero-order valence-electron chi connectivity index (χ0n) is 16.2. The van der Waals surface area contributed by atoms with Gasteiger partial charge < -0.3 is 20.4 Å². The number of nitrogens with one attached hydrogen (secondary N) is 2. The van der Waals surface area contributed by atoms with Crippen molar-refractivity contribution in [1.29, 1.82) is 0 Å². The van der Waals surface area contributed by atoms with Crippen LogP contribution in [0.15, 0.2) is 54.7 Å². The highest BCUT2D eigenvalue weighted by Crippen LogP contribution is 2.30. The molecule has 142 valence electrons. The largest absolute Gasteiger partial charge is 0.497 e. The van der Waals surface area contributed by atoms with Crippen LogP contribution in [0.4, 0.5) is 0 Å². The van der Waals surface area contributed by atoms with Crippen LogP contribution in [0.1, 0.15) is 30.9 Å². The third-order valence-corrected chi connectivity index (χ3v) is 5.00. The molecular weight excluding hydrogens is 338 g/mol. The van der Waals surface area contributed by atoms with Crippen LogP contribution in [0.3, 0.4) is 0 Å². The van der Waals surface area contributed by atoms with Gasteiger partial charge >= 0.3 is 0 Å². The predicted octanol–water partition coefficient (Wildman–Crippen LogP) is 2.40. The molecule has 27 heavy (non-hydrogen) atoms. The number of aromatic amines is 1. The van der Waals surface area contributed by atoms with Crippen LogP contribution in [0.2, 0.25) is 0 Å². The van der Waals surface area contributed by atoms with Crippen LogP contribution in [0, 0.1) is 0 Å². The van der Waals surface area contributed by atoms with Crippen molar-refractivity contribution in [2.45, 2.75) is 25.8 Å². The Kier molecular flexibility index (Phi) is 6.14. The molecule has 0 aliphatic rings. The fourth-order valence-corrected chi connectivity index (χ4v) is 3.44. The molecule has 0 spiro atoms. The van der Waals surface area contributed by atoms with Gasteiger partial charge in [-0.05, 0) is 43.2 Å². The number of aromatic nitrogens is 1. The molecule has 3 rings (SSSR count). The second kappa shape index (κ2) is 8.73. The molecule has 0 bridgehead atoms. The molecule has 0 unspecified atom stereocenters. The number of fused-ring (bicyclic) bond motifs is 1. The number of benzene rings is 2. The average Bonchev–Trinajstić information content (AvgIpc) is 3.12. The number of carbonyl (C=O) groups is 1. The zero-order chi connectivity index (χ0) is 19.2. The highest BCUT2D eigenvalue weighted by atomic mass is 16.5. The highest BCUT2D eigenvalue weighted by Gasteiger charge is 2.23. The van der Waals surface area contributed by atoms with Crippen molar-refractivity contribution >= 4 is 16.8 Å². The number of hydrogen-bond donors (Lipinski definition) is 3. The van der Waals surface area contributed by atoms with Gasteiger partial charge in [-0.15, -0.1) is 0 Å². The van der Waals surface area contributed by atoms with Crippen LogP contribution in [-0.2, 0) is 4.79 Å². The van der Waals surface area contributed by atoms with Crippen molar-refractivity contribution in [3.05, 3.63) is 65.9 Å². The average molecular weight is 366 g/mol. The lowest BCUT2D eigenvalue weighted by molar-refractivity contribution is -0.674. The van der Waals surface area contributed by atoms with Crippen molar-refractivity contribution < 1.29 is 14.8 Å². The lowest BCUT2D eigenvalue weighted by atomic mass is 9.90. The van der Waals surface area contributed by atoms with Crippen LogP contribution in [0.5, 0.6) is 5.75 Å². The SMILES string of the molecule is CCNC(=O)[C@H](C)[NH2+]C[C@H](c1ccc(OC)cc1)c1c[nH]c2ccccc12. The van der Waals surface area contributed by atoms with E-state index in [0.717, 1.165) is 17.8 Å². The van der Waals surface area contributed by atoms with Crippen LogP contribution >= 0.6 is 0 Å². The number of rotatable bonds is 8. The Balaban J connectivity index is 1.90. The summed E-state index contributed by atoms with van der Waals surface area (Å²) in [5.74, 6) is 1.09. The number of ether oxygens (including phenoxy) is 1. The first-order chi connectivity index (χ1) is 13.1. The summed E-state index contributed by atoms with van der Waals surface area (Å²) >= 11 is 0. The van der Waals surface area contributed by atoms with Crippen molar-refractivity contribution in [2.24, 2.45) is 0 Å². The second-order valence-corrected chi connectivity index (χ2v) is 6.77. The zero-order valence-corrected chi connectivity index (χ0v) is 16.2. The first-order valence-corrected chi connectivity index (χ1v) is 9.45. The van der Waals surface area contributed by atoms with Crippen molar-refractivity contribution in [2.75, 3.05) is 20.2 Å². The molecule has 0 radical (unpaired) electrons. The molecule has 0 aliphatic carbocycles. The van der Waals surface area contributed by atoms with Gasteiger partial charge in [-0.25, -0.2) is 0 Å². The van der Waals surface area contributed by atoms with Crippen molar-refractivity contribution in [3.63, 3.8) is 0 Å². The number of likely N-dealkylation sites (N-methyl/N-ethyl adjacent to an activating group) is 1. The van der Waals surface area contributed by atoms with Crippen LogP contribution < -0.4 is 15.4 Å². The Bertz CT molecular complexity index is 886. The maximum absolute atomic E-state index is 12.1. The number of carbonyl (C=O) groups excluding carboxylic acids is 1. The van der Waals surface area contributed by atoms with E-state index in [2.05, 4.69) is 52.1 Å². The van der Waals surface area contributed by atoms with Crippen molar-refractivity contribution in [3.8, 4) is 5.75 Å². The molecule has 5 heteroatoms. The summed E-state index contributed by atoms with van der Waals surface area (Å²) in [6.07, 6.45) is 2.09. The van der Waals surface area contributed by atoms with Gasteiger partial charge in [0.15, 0.2) is 6.04 Å². The fourth-order valence-electron chi connectivity index (χ4n) is 3.44. The Labute approximate surface area is 160 Å². The number of nitrogens with two attached hydrogens (primary N) is 1. The number of para-hydroxylation sites is 1. The molecule has 1 amide bonds. The van der Waals surface area contributed by atoms with Gasteiger partial charge in [0, 0.05) is 23.6 Å². The maximum Gasteiger partial charge on any atom is 0.277 e. The Hall–Kier alpha value is -2.79. The van der Waals surface area contributed by atoms with E-state index in [9.17, 15) is 4.79 Å². The fraction of sp³-hybridized carbons (Fsp3) is 0.318. The minimum atomic E-state index is -0.129. The number of methoxy groups -OCH3 is 1. The van der Waals surface area contributed by atoms with E-state index in [1.165, 1.54) is 16.5 Å². The summed E-state index contributed by atoms with van der Waals surface area (Å²) in [6, 6.07) is 16.4. The van der Waals surface area contributed by atoms with Gasteiger partial charge in [-0.1, -0.05) is 30.3 Å². The monoisotopic (exact) mass is 366 g/mol. The molecule has 1 aromatic heterocycles. The van der Waals surface area contributed by atoms with Crippen LogP contribution in [-0.4, -0.2) is 37.1 Å². The number of H-pyrrole nitrogens is 1. The third-order valence-electron chi connectivity index (χ3n) is 5.00. The van der Waals surface area contributed by atoms with Gasteiger partial charge in [0.25, 0.3) is 5.91 Å². The summed E-state index contributed by atoms with van der Waals surface area (Å²) in [6.45, 7) is 5.33. The highest BCUT2D eigenvalue weighted by molar-refractivity contribution is 5.84. The van der Waals surface area contributed by atoms with Crippen molar-refractivity contribution in [1.82, 2.24) is 10.3 Å². The Morgan fingerprint density at radius 2 is 1.93 bits per heavy atom. The number of amides is 1. The summed E-state index contributed by atoms with van der Waals surface area (Å²) in [7, 11) is 1.67. The second-order valence-electron chi connectivity index (χ2n) is 6.77. The molecule has 0 fully saturated rings. The molecule has 1 heterocycles. The standard InChI is InChI=1S/C22H27N3O2/c1-4-23-22(26)15(2)24-13-19(16-9-11-17(27-3)12-10-16)20-14-25-21-8-6-5-7-18(20)21/h5-12,14-15,19,24-25H,4,13H2,1-3H3,(H,23,26)/p+1/t15-,19+/m0/s1. The van der Waals surface area contributed by atoms with Gasteiger partial charge in [-0.3, -0.25) is 4.79 Å². The van der Waals surface area contributed by atoms with E-state index in [0.29, 0.717) is 6.54 Å². The van der Waals surface area contributed by atoms with Gasteiger partial charge in [0.05, 0.1) is 19.6 Å². The molecule has 0 aliphatic heterocycles. The maximum atomic E-state index is 12.1. The topological polar surface area (TPSA) is 70.7 Å². The van der Waals surface area contributed by atoms with E-state index >= 15 is 0 Å².